The second-order valence-electron chi connectivity index (χ2n) is 3.21. The first-order chi connectivity index (χ1) is 7.67. The average Bonchev–Trinajstić information content (AvgIpc) is 2.22. The summed E-state index contributed by atoms with van der Waals surface area (Å²) in [5.74, 6) is 1.24. The van der Waals surface area contributed by atoms with Gasteiger partial charge in [0.1, 0.15) is 11.5 Å². The number of carbonyl (C=O) groups is 1. The maximum Gasteiger partial charge on any atom is 0.221 e. The topological polar surface area (TPSA) is 47.6 Å². The van der Waals surface area contributed by atoms with Crippen LogP contribution in [0.4, 0.5) is 5.69 Å². The summed E-state index contributed by atoms with van der Waals surface area (Å²) in [5.41, 5.74) is 0.639. The van der Waals surface area contributed by atoms with Gasteiger partial charge < -0.3 is 14.8 Å². The Labute approximate surface area is 95.6 Å². The summed E-state index contributed by atoms with van der Waals surface area (Å²) in [5, 5.41) is 2.71. The molecule has 0 fully saturated rings. The summed E-state index contributed by atoms with van der Waals surface area (Å²) < 4.78 is 10.8. The van der Waals surface area contributed by atoms with Crippen LogP contribution in [0.5, 0.6) is 11.5 Å². The Morgan fingerprint density at radius 2 is 1.94 bits per heavy atom. The highest BCUT2D eigenvalue weighted by Gasteiger charge is 2.06. The standard InChI is InChI=1S/C12H17NO3/c1-4-15-10-6-7-12(16-5-2)11(8-10)13-9(3)14/h6-8H,4-5H2,1-3H3,(H,13,14). The minimum absolute atomic E-state index is 0.130. The normalized spacial score (nSPS) is 9.69. The minimum atomic E-state index is -0.130. The smallest absolute Gasteiger partial charge is 0.221 e. The van der Waals surface area contributed by atoms with E-state index in [9.17, 15) is 4.79 Å². The lowest BCUT2D eigenvalue weighted by Gasteiger charge is -2.12. The van der Waals surface area contributed by atoms with Gasteiger partial charge in [0.15, 0.2) is 0 Å². The van der Waals surface area contributed by atoms with Gasteiger partial charge in [0.05, 0.1) is 18.9 Å². The number of nitrogens with one attached hydrogen (secondary N) is 1. The number of benzene rings is 1. The molecule has 4 nitrogen and oxygen atoms in total. The zero-order valence-electron chi connectivity index (χ0n) is 9.87. The van der Waals surface area contributed by atoms with E-state index >= 15 is 0 Å². The summed E-state index contributed by atoms with van der Waals surface area (Å²) in [4.78, 5) is 11.0. The van der Waals surface area contributed by atoms with Crippen molar-refractivity contribution in [3.63, 3.8) is 0 Å². The van der Waals surface area contributed by atoms with Crippen molar-refractivity contribution < 1.29 is 14.3 Å². The molecular formula is C12H17NO3. The van der Waals surface area contributed by atoms with Gasteiger partial charge in [-0.2, -0.15) is 0 Å². The predicted octanol–water partition coefficient (Wildman–Crippen LogP) is 2.44. The van der Waals surface area contributed by atoms with Gasteiger partial charge in [-0.25, -0.2) is 0 Å². The number of amides is 1. The van der Waals surface area contributed by atoms with Gasteiger partial charge in [-0.3, -0.25) is 4.79 Å². The molecule has 0 aliphatic heterocycles. The number of hydrogen-bond acceptors (Lipinski definition) is 3. The van der Waals surface area contributed by atoms with Crippen LogP contribution >= 0.6 is 0 Å². The molecule has 0 aliphatic rings. The first-order valence-electron chi connectivity index (χ1n) is 5.34. The van der Waals surface area contributed by atoms with Gasteiger partial charge in [0, 0.05) is 13.0 Å². The second-order valence-corrected chi connectivity index (χ2v) is 3.21. The van der Waals surface area contributed by atoms with E-state index in [-0.39, 0.29) is 5.91 Å². The number of hydrogen-bond donors (Lipinski definition) is 1. The van der Waals surface area contributed by atoms with E-state index in [2.05, 4.69) is 5.32 Å². The van der Waals surface area contributed by atoms with Crippen molar-refractivity contribution in [2.45, 2.75) is 20.8 Å². The molecule has 0 saturated carbocycles. The summed E-state index contributed by atoms with van der Waals surface area (Å²) in [6, 6.07) is 5.37. The molecule has 0 heterocycles. The van der Waals surface area contributed by atoms with Gasteiger partial charge in [0.2, 0.25) is 5.91 Å². The Morgan fingerprint density at radius 1 is 1.25 bits per heavy atom. The third-order valence-corrected chi connectivity index (χ3v) is 1.87. The van der Waals surface area contributed by atoms with Crippen LogP contribution in [0.1, 0.15) is 20.8 Å². The Kier molecular flexibility index (Phi) is 4.64. The van der Waals surface area contributed by atoms with Gasteiger partial charge in [-0.15, -0.1) is 0 Å². The number of carbonyl (C=O) groups excluding carboxylic acids is 1. The minimum Gasteiger partial charge on any atom is -0.494 e. The van der Waals surface area contributed by atoms with E-state index in [0.717, 1.165) is 5.75 Å². The SMILES string of the molecule is CCOc1ccc(OCC)c(NC(C)=O)c1. The van der Waals surface area contributed by atoms with Gasteiger partial charge >= 0.3 is 0 Å². The molecule has 16 heavy (non-hydrogen) atoms. The highest BCUT2D eigenvalue weighted by atomic mass is 16.5. The van der Waals surface area contributed by atoms with Crippen LogP contribution in [-0.2, 0) is 4.79 Å². The second kappa shape index (κ2) is 6.00. The fraction of sp³-hybridized carbons (Fsp3) is 0.417. The summed E-state index contributed by atoms with van der Waals surface area (Å²) in [6.45, 7) is 6.42. The van der Waals surface area contributed by atoms with Crippen molar-refractivity contribution >= 4 is 11.6 Å². The Hall–Kier alpha value is -1.71. The summed E-state index contributed by atoms with van der Waals surface area (Å²) in [7, 11) is 0. The molecule has 0 unspecified atom stereocenters. The van der Waals surface area contributed by atoms with Crippen molar-refractivity contribution in [3.8, 4) is 11.5 Å². The van der Waals surface area contributed by atoms with Crippen molar-refractivity contribution in [2.75, 3.05) is 18.5 Å². The molecule has 1 aromatic rings. The molecule has 0 aromatic heterocycles. The maximum atomic E-state index is 11.0. The molecular weight excluding hydrogens is 206 g/mol. The van der Waals surface area contributed by atoms with E-state index < -0.39 is 0 Å². The summed E-state index contributed by atoms with van der Waals surface area (Å²) >= 11 is 0. The molecule has 1 N–H and O–H groups in total. The quantitative estimate of drug-likeness (QED) is 0.834. The molecule has 0 aliphatic carbocycles. The fourth-order valence-corrected chi connectivity index (χ4v) is 1.33. The monoisotopic (exact) mass is 223 g/mol. The maximum absolute atomic E-state index is 11.0. The molecule has 0 radical (unpaired) electrons. The molecule has 0 atom stereocenters. The van der Waals surface area contributed by atoms with Crippen LogP contribution in [-0.4, -0.2) is 19.1 Å². The third-order valence-electron chi connectivity index (χ3n) is 1.87. The number of anilines is 1. The van der Waals surface area contributed by atoms with Gasteiger partial charge in [-0.1, -0.05) is 0 Å². The molecule has 0 spiro atoms. The van der Waals surface area contributed by atoms with Gasteiger partial charge in [0.25, 0.3) is 0 Å². The first-order valence-corrected chi connectivity index (χ1v) is 5.34. The Bertz CT molecular complexity index is 363. The van der Waals surface area contributed by atoms with Crippen molar-refractivity contribution in [2.24, 2.45) is 0 Å². The van der Waals surface area contributed by atoms with E-state index in [0.29, 0.717) is 24.7 Å². The number of rotatable bonds is 5. The van der Waals surface area contributed by atoms with Crippen LogP contribution in [0.15, 0.2) is 18.2 Å². The van der Waals surface area contributed by atoms with Crippen molar-refractivity contribution in [3.05, 3.63) is 18.2 Å². The molecule has 88 valence electrons. The Morgan fingerprint density at radius 3 is 2.50 bits per heavy atom. The lowest BCUT2D eigenvalue weighted by atomic mass is 10.2. The zero-order valence-corrected chi connectivity index (χ0v) is 9.87. The molecule has 1 amide bonds. The lowest BCUT2D eigenvalue weighted by Crippen LogP contribution is -2.08. The van der Waals surface area contributed by atoms with Crippen LogP contribution in [0.25, 0.3) is 0 Å². The molecule has 4 heteroatoms. The van der Waals surface area contributed by atoms with Crippen LogP contribution < -0.4 is 14.8 Å². The highest BCUT2D eigenvalue weighted by molar-refractivity contribution is 5.90. The predicted molar refractivity (Wildman–Crippen MR) is 63.1 cm³/mol. The Balaban J connectivity index is 2.95. The molecule has 0 bridgehead atoms. The number of ether oxygens (including phenoxy) is 2. The van der Waals surface area contributed by atoms with E-state index in [4.69, 9.17) is 9.47 Å². The molecule has 1 aromatic carbocycles. The first kappa shape index (κ1) is 12.4. The van der Waals surface area contributed by atoms with Crippen LogP contribution in [0.2, 0.25) is 0 Å². The van der Waals surface area contributed by atoms with Gasteiger partial charge in [-0.05, 0) is 26.0 Å². The van der Waals surface area contributed by atoms with Crippen molar-refractivity contribution in [1.29, 1.82) is 0 Å². The van der Waals surface area contributed by atoms with E-state index in [1.54, 1.807) is 12.1 Å². The van der Waals surface area contributed by atoms with Crippen molar-refractivity contribution in [1.82, 2.24) is 0 Å². The van der Waals surface area contributed by atoms with Crippen LogP contribution in [0, 0.1) is 0 Å². The lowest BCUT2D eigenvalue weighted by molar-refractivity contribution is -0.114. The molecule has 1 rings (SSSR count). The largest absolute Gasteiger partial charge is 0.494 e. The zero-order chi connectivity index (χ0) is 12.0. The van der Waals surface area contributed by atoms with E-state index in [1.165, 1.54) is 6.92 Å². The summed E-state index contributed by atoms with van der Waals surface area (Å²) in [6.07, 6.45) is 0. The average molecular weight is 223 g/mol. The third kappa shape index (κ3) is 3.46. The fourth-order valence-electron chi connectivity index (χ4n) is 1.33. The molecule has 0 saturated heterocycles. The highest BCUT2D eigenvalue weighted by Crippen LogP contribution is 2.29. The van der Waals surface area contributed by atoms with E-state index in [1.807, 2.05) is 19.9 Å². The van der Waals surface area contributed by atoms with Crippen LogP contribution in [0.3, 0.4) is 0 Å².